The summed E-state index contributed by atoms with van der Waals surface area (Å²) in [6.07, 6.45) is 0.791. The lowest BCUT2D eigenvalue weighted by atomic mass is 10.2. The molecule has 24 heavy (non-hydrogen) atoms. The van der Waals surface area contributed by atoms with E-state index in [1.54, 1.807) is 43.0 Å². The van der Waals surface area contributed by atoms with Crippen LogP contribution in [0.25, 0.3) is 0 Å². The zero-order valence-corrected chi connectivity index (χ0v) is 14.5. The predicted molar refractivity (Wildman–Crippen MR) is 93.5 cm³/mol. The average molecular weight is 344 g/mol. The summed E-state index contributed by atoms with van der Waals surface area (Å²) >= 11 is 0. The van der Waals surface area contributed by atoms with Gasteiger partial charge in [-0.15, -0.1) is 0 Å². The van der Waals surface area contributed by atoms with Crippen molar-refractivity contribution in [2.75, 3.05) is 11.4 Å². The first-order chi connectivity index (χ1) is 11.4. The Morgan fingerprint density at radius 1 is 1.12 bits per heavy atom. The van der Waals surface area contributed by atoms with E-state index in [-0.39, 0.29) is 10.8 Å². The summed E-state index contributed by atoms with van der Waals surface area (Å²) in [5.41, 5.74) is 2.63. The summed E-state index contributed by atoms with van der Waals surface area (Å²) < 4.78 is 27.6. The number of carbonyl (C=O) groups excluding carboxylic acids is 1. The van der Waals surface area contributed by atoms with E-state index in [4.69, 9.17) is 0 Å². The monoisotopic (exact) mass is 344 g/mol. The number of nitrogens with zero attached hydrogens (tertiary/aromatic N) is 1. The van der Waals surface area contributed by atoms with Crippen LogP contribution < -0.4 is 9.62 Å². The normalized spacial score (nSPS) is 15.2. The van der Waals surface area contributed by atoms with Crippen LogP contribution in [0.3, 0.4) is 0 Å². The Labute approximate surface area is 142 Å². The summed E-state index contributed by atoms with van der Waals surface area (Å²) in [4.78, 5) is 14.6. The SMILES string of the molecule is Cc1ccccc1S(=O)(=O)N[C@H](C)C(=O)N1CCc2ccccc21. The molecule has 6 heteroatoms. The fourth-order valence-electron chi connectivity index (χ4n) is 3.01. The fraction of sp³-hybridized carbons (Fsp3) is 0.278. The van der Waals surface area contributed by atoms with Crippen molar-refractivity contribution in [3.05, 3.63) is 59.7 Å². The summed E-state index contributed by atoms with van der Waals surface area (Å²) in [5.74, 6) is -0.239. The first-order valence-corrected chi connectivity index (χ1v) is 9.36. The topological polar surface area (TPSA) is 66.5 Å². The lowest BCUT2D eigenvalue weighted by Crippen LogP contribution is -2.46. The van der Waals surface area contributed by atoms with Crippen LogP contribution in [0.1, 0.15) is 18.1 Å². The van der Waals surface area contributed by atoms with Gasteiger partial charge >= 0.3 is 0 Å². The number of hydrogen-bond donors (Lipinski definition) is 1. The Balaban J connectivity index is 1.79. The van der Waals surface area contributed by atoms with Gasteiger partial charge in [-0.2, -0.15) is 4.72 Å². The summed E-state index contributed by atoms with van der Waals surface area (Å²) in [7, 11) is -3.74. The first kappa shape index (κ1) is 16.7. The highest BCUT2D eigenvalue weighted by molar-refractivity contribution is 7.89. The third-order valence-corrected chi connectivity index (χ3v) is 5.94. The van der Waals surface area contributed by atoms with Crippen LogP contribution in [0.5, 0.6) is 0 Å². The predicted octanol–water partition coefficient (Wildman–Crippen LogP) is 2.25. The maximum Gasteiger partial charge on any atom is 0.244 e. The number of anilines is 1. The second kappa shape index (κ2) is 6.37. The van der Waals surface area contributed by atoms with Crippen molar-refractivity contribution in [3.8, 4) is 0 Å². The molecule has 0 saturated heterocycles. The van der Waals surface area contributed by atoms with Gasteiger partial charge in [-0.3, -0.25) is 4.79 Å². The van der Waals surface area contributed by atoms with Gasteiger partial charge in [-0.25, -0.2) is 8.42 Å². The molecule has 0 fully saturated rings. The van der Waals surface area contributed by atoms with Gasteiger partial charge in [0.15, 0.2) is 0 Å². The lowest BCUT2D eigenvalue weighted by molar-refractivity contribution is -0.119. The van der Waals surface area contributed by atoms with Crippen molar-refractivity contribution in [1.29, 1.82) is 0 Å². The number of amides is 1. The number of hydrogen-bond acceptors (Lipinski definition) is 3. The molecule has 1 N–H and O–H groups in total. The maximum absolute atomic E-state index is 12.7. The molecular weight excluding hydrogens is 324 g/mol. The van der Waals surface area contributed by atoms with Crippen LogP contribution in [-0.2, 0) is 21.2 Å². The van der Waals surface area contributed by atoms with E-state index in [1.165, 1.54) is 0 Å². The Morgan fingerprint density at radius 2 is 1.79 bits per heavy atom. The van der Waals surface area contributed by atoms with Crippen LogP contribution >= 0.6 is 0 Å². The summed E-state index contributed by atoms with van der Waals surface area (Å²) in [5, 5.41) is 0. The molecule has 0 saturated carbocycles. The molecule has 5 nitrogen and oxygen atoms in total. The molecule has 0 radical (unpaired) electrons. The Morgan fingerprint density at radius 3 is 2.54 bits per heavy atom. The Kier molecular flexibility index (Phi) is 4.43. The number of para-hydroxylation sites is 1. The second-order valence-electron chi connectivity index (χ2n) is 5.98. The highest BCUT2D eigenvalue weighted by Gasteiger charge is 2.30. The number of aryl methyl sites for hydroxylation is 1. The van der Waals surface area contributed by atoms with Crippen LogP contribution in [0.2, 0.25) is 0 Å². The van der Waals surface area contributed by atoms with E-state index in [9.17, 15) is 13.2 Å². The highest BCUT2D eigenvalue weighted by Crippen LogP contribution is 2.28. The molecule has 0 aromatic heterocycles. The zero-order valence-electron chi connectivity index (χ0n) is 13.7. The molecule has 0 aliphatic carbocycles. The third kappa shape index (κ3) is 3.07. The molecule has 1 aliphatic heterocycles. The van der Waals surface area contributed by atoms with E-state index in [2.05, 4.69) is 4.72 Å². The number of sulfonamides is 1. The van der Waals surface area contributed by atoms with Gasteiger partial charge < -0.3 is 4.90 Å². The Bertz CT molecular complexity index is 877. The smallest absolute Gasteiger partial charge is 0.244 e. The number of fused-ring (bicyclic) bond motifs is 1. The molecular formula is C18H20N2O3S. The molecule has 2 aromatic carbocycles. The number of nitrogens with one attached hydrogen (secondary N) is 1. The largest absolute Gasteiger partial charge is 0.310 e. The molecule has 0 spiro atoms. The van der Waals surface area contributed by atoms with Gasteiger partial charge in [0.1, 0.15) is 0 Å². The van der Waals surface area contributed by atoms with Gasteiger partial charge in [0.05, 0.1) is 10.9 Å². The molecule has 1 amide bonds. The van der Waals surface area contributed by atoms with Gasteiger partial charge in [-0.05, 0) is 43.5 Å². The molecule has 1 heterocycles. The van der Waals surface area contributed by atoms with Crippen molar-refractivity contribution in [3.63, 3.8) is 0 Å². The Hall–Kier alpha value is -2.18. The van der Waals surface area contributed by atoms with Gasteiger partial charge in [-0.1, -0.05) is 36.4 Å². The van der Waals surface area contributed by atoms with E-state index in [0.29, 0.717) is 12.1 Å². The molecule has 0 bridgehead atoms. The minimum Gasteiger partial charge on any atom is -0.310 e. The van der Waals surface area contributed by atoms with E-state index in [1.807, 2.05) is 24.3 Å². The zero-order chi connectivity index (χ0) is 17.3. The van der Waals surface area contributed by atoms with Crippen molar-refractivity contribution >= 4 is 21.6 Å². The number of carbonyl (C=O) groups is 1. The minimum atomic E-state index is -3.74. The van der Waals surface area contributed by atoms with Crippen LogP contribution in [-0.4, -0.2) is 26.9 Å². The molecule has 3 rings (SSSR count). The molecule has 1 aliphatic rings. The fourth-order valence-corrected chi connectivity index (χ4v) is 4.45. The minimum absolute atomic E-state index is 0.200. The summed E-state index contributed by atoms with van der Waals surface area (Å²) in [6, 6.07) is 13.6. The average Bonchev–Trinajstić information content (AvgIpc) is 2.98. The molecule has 1 atom stereocenters. The standard InChI is InChI=1S/C18H20N2O3S/c1-13-7-3-6-10-17(13)24(22,23)19-14(2)18(21)20-12-11-15-8-4-5-9-16(15)20/h3-10,14,19H,11-12H2,1-2H3/t14-/m1/s1. The number of rotatable bonds is 4. The van der Waals surface area contributed by atoms with Gasteiger partial charge in [0.25, 0.3) is 0 Å². The van der Waals surface area contributed by atoms with Crippen molar-refractivity contribution < 1.29 is 13.2 Å². The van der Waals surface area contributed by atoms with Gasteiger partial charge in [0, 0.05) is 12.2 Å². The van der Waals surface area contributed by atoms with E-state index < -0.39 is 16.1 Å². The molecule has 0 unspecified atom stereocenters. The van der Waals surface area contributed by atoms with E-state index in [0.717, 1.165) is 17.7 Å². The van der Waals surface area contributed by atoms with Crippen molar-refractivity contribution in [1.82, 2.24) is 4.72 Å². The highest BCUT2D eigenvalue weighted by atomic mass is 32.2. The van der Waals surface area contributed by atoms with Crippen molar-refractivity contribution in [2.24, 2.45) is 0 Å². The van der Waals surface area contributed by atoms with Crippen LogP contribution in [0.15, 0.2) is 53.4 Å². The second-order valence-corrected chi connectivity index (χ2v) is 7.66. The van der Waals surface area contributed by atoms with Crippen LogP contribution in [0, 0.1) is 6.92 Å². The molecule has 2 aromatic rings. The van der Waals surface area contributed by atoms with Crippen molar-refractivity contribution in [2.45, 2.75) is 31.2 Å². The third-order valence-electron chi connectivity index (χ3n) is 4.24. The van der Waals surface area contributed by atoms with Gasteiger partial charge in [0.2, 0.25) is 15.9 Å². The maximum atomic E-state index is 12.7. The quantitative estimate of drug-likeness (QED) is 0.925. The lowest BCUT2D eigenvalue weighted by Gasteiger charge is -2.22. The van der Waals surface area contributed by atoms with E-state index >= 15 is 0 Å². The van der Waals surface area contributed by atoms with Crippen LogP contribution in [0.4, 0.5) is 5.69 Å². The first-order valence-electron chi connectivity index (χ1n) is 7.87. The number of benzene rings is 2. The summed E-state index contributed by atoms with van der Waals surface area (Å²) in [6.45, 7) is 3.89. The molecule has 126 valence electrons.